The van der Waals surface area contributed by atoms with E-state index in [2.05, 4.69) is 49.0 Å². The average molecular weight is 520 g/mol. The summed E-state index contributed by atoms with van der Waals surface area (Å²) in [6.45, 7) is 6.81. The topological polar surface area (TPSA) is 73.8 Å². The van der Waals surface area contributed by atoms with Crippen molar-refractivity contribution in [3.8, 4) is 11.5 Å². The van der Waals surface area contributed by atoms with E-state index in [1.807, 2.05) is 42.2 Å². The van der Waals surface area contributed by atoms with Gasteiger partial charge in [-0.2, -0.15) is 0 Å². The second-order valence-electron chi connectivity index (χ2n) is 10.4. The zero-order chi connectivity index (χ0) is 26.3. The molecule has 1 amide bonds. The third-order valence-corrected chi connectivity index (χ3v) is 8.21. The quantitative estimate of drug-likeness (QED) is 0.387. The fourth-order valence-electron chi connectivity index (χ4n) is 5.67. The number of rotatable bonds is 7. The summed E-state index contributed by atoms with van der Waals surface area (Å²) in [7, 11) is 1.66. The normalized spacial score (nSPS) is 23.1. The Hall–Kier alpha value is -3.06. The maximum absolute atomic E-state index is 13.8. The molecule has 3 aromatic carbocycles. The van der Waals surface area contributed by atoms with E-state index in [9.17, 15) is 9.90 Å². The van der Waals surface area contributed by atoms with Crippen molar-refractivity contribution in [2.45, 2.75) is 51.2 Å². The lowest BCUT2D eigenvalue weighted by Gasteiger charge is -2.32. The molecule has 2 heterocycles. The molecule has 2 aliphatic heterocycles. The molecular weight excluding hydrogens is 486 g/mol. The summed E-state index contributed by atoms with van der Waals surface area (Å²) in [5, 5.41) is 11.4. The fraction of sp³-hybridized carbons (Fsp3) is 0.367. The average Bonchev–Trinajstić information content (AvgIpc) is 3.44. The molecule has 0 saturated carbocycles. The van der Waals surface area contributed by atoms with Gasteiger partial charge in [0.2, 0.25) is 5.91 Å². The maximum Gasteiger partial charge on any atom is 0.242 e. The number of phenols is 1. The van der Waals surface area contributed by atoms with Crippen LogP contribution in [0.2, 0.25) is 5.02 Å². The van der Waals surface area contributed by atoms with Crippen LogP contribution in [0, 0.1) is 12.8 Å². The number of benzene rings is 3. The van der Waals surface area contributed by atoms with E-state index < -0.39 is 6.04 Å². The van der Waals surface area contributed by atoms with Gasteiger partial charge in [-0.1, -0.05) is 61.8 Å². The number of aryl methyl sites for hydroxylation is 1. The van der Waals surface area contributed by atoms with E-state index in [0.29, 0.717) is 23.0 Å². The molecule has 5 rings (SSSR count). The summed E-state index contributed by atoms with van der Waals surface area (Å²) in [4.78, 5) is 15.8. The van der Waals surface area contributed by atoms with E-state index in [1.165, 1.54) is 5.56 Å². The van der Waals surface area contributed by atoms with Crippen LogP contribution < -0.4 is 15.6 Å². The molecule has 4 unspecified atom stereocenters. The SMILES string of the molecule is COc1ccc(CCN2C(=O)C3NNC(c4cc(Cl)c(C)cc4O)C3C2c2ccc(C(C)C)cc2)cc1. The second kappa shape index (κ2) is 10.4. The van der Waals surface area contributed by atoms with E-state index in [1.54, 1.807) is 13.2 Å². The highest BCUT2D eigenvalue weighted by Gasteiger charge is 2.55. The molecule has 37 heavy (non-hydrogen) atoms. The minimum Gasteiger partial charge on any atom is -0.508 e. The van der Waals surface area contributed by atoms with Gasteiger partial charge in [0, 0.05) is 23.0 Å². The van der Waals surface area contributed by atoms with Gasteiger partial charge in [-0.25, -0.2) is 10.9 Å². The van der Waals surface area contributed by atoms with Gasteiger partial charge >= 0.3 is 0 Å². The first-order valence-corrected chi connectivity index (χ1v) is 13.2. The van der Waals surface area contributed by atoms with Crippen molar-refractivity contribution < 1.29 is 14.6 Å². The van der Waals surface area contributed by atoms with Gasteiger partial charge < -0.3 is 14.7 Å². The van der Waals surface area contributed by atoms with Crippen molar-refractivity contribution in [1.82, 2.24) is 15.8 Å². The molecule has 0 radical (unpaired) electrons. The van der Waals surface area contributed by atoms with Gasteiger partial charge in [0.05, 0.1) is 19.2 Å². The van der Waals surface area contributed by atoms with Crippen molar-refractivity contribution >= 4 is 17.5 Å². The number of carbonyl (C=O) groups is 1. The highest BCUT2D eigenvalue weighted by Crippen LogP contribution is 2.49. The highest BCUT2D eigenvalue weighted by molar-refractivity contribution is 6.31. The molecular formula is C30H34ClN3O3. The first kappa shape index (κ1) is 25.6. The molecule has 0 bridgehead atoms. The Labute approximate surface area is 223 Å². The van der Waals surface area contributed by atoms with Crippen LogP contribution in [0.15, 0.2) is 60.7 Å². The minimum atomic E-state index is -0.407. The number of ether oxygens (including phenoxy) is 1. The lowest BCUT2D eigenvalue weighted by Crippen LogP contribution is -2.42. The van der Waals surface area contributed by atoms with E-state index in [0.717, 1.165) is 28.9 Å². The third-order valence-electron chi connectivity index (χ3n) is 7.80. The van der Waals surface area contributed by atoms with Gasteiger partial charge in [0.15, 0.2) is 0 Å². The number of methoxy groups -OCH3 is 1. The van der Waals surface area contributed by atoms with E-state index in [4.69, 9.17) is 16.3 Å². The van der Waals surface area contributed by atoms with Gasteiger partial charge in [-0.3, -0.25) is 4.79 Å². The number of hydrogen-bond donors (Lipinski definition) is 3. The predicted molar refractivity (Wildman–Crippen MR) is 146 cm³/mol. The molecule has 2 fully saturated rings. The zero-order valence-corrected chi connectivity index (χ0v) is 22.4. The van der Waals surface area contributed by atoms with Gasteiger partial charge in [-0.05, 0) is 65.8 Å². The lowest BCUT2D eigenvalue weighted by atomic mass is 9.82. The number of fused-ring (bicyclic) bond motifs is 1. The number of nitrogens with one attached hydrogen (secondary N) is 2. The van der Waals surface area contributed by atoms with Crippen molar-refractivity contribution in [1.29, 1.82) is 0 Å². The Morgan fingerprint density at radius 3 is 2.35 bits per heavy atom. The Morgan fingerprint density at radius 1 is 1.03 bits per heavy atom. The first-order valence-electron chi connectivity index (χ1n) is 12.8. The summed E-state index contributed by atoms with van der Waals surface area (Å²) in [6, 6.07) is 19.2. The third kappa shape index (κ3) is 4.81. The second-order valence-corrected chi connectivity index (χ2v) is 10.8. The first-order chi connectivity index (χ1) is 17.8. The number of hydrazine groups is 1. The van der Waals surface area contributed by atoms with Crippen LogP contribution in [0.5, 0.6) is 11.5 Å². The number of carbonyl (C=O) groups excluding carboxylic acids is 1. The molecule has 2 aliphatic rings. The molecule has 194 valence electrons. The summed E-state index contributed by atoms with van der Waals surface area (Å²) in [5.74, 6) is 1.35. The monoisotopic (exact) mass is 519 g/mol. The van der Waals surface area contributed by atoms with Crippen LogP contribution in [0.3, 0.4) is 0 Å². The van der Waals surface area contributed by atoms with E-state index >= 15 is 0 Å². The van der Waals surface area contributed by atoms with Crippen LogP contribution >= 0.6 is 11.6 Å². The fourth-order valence-corrected chi connectivity index (χ4v) is 5.84. The number of amides is 1. The number of likely N-dealkylation sites (tertiary alicyclic amines) is 1. The summed E-state index contributed by atoms with van der Waals surface area (Å²) >= 11 is 6.46. The van der Waals surface area contributed by atoms with Crippen molar-refractivity contribution in [2.75, 3.05) is 13.7 Å². The van der Waals surface area contributed by atoms with Crippen molar-refractivity contribution in [3.05, 3.63) is 93.5 Å². The molecule has 0 aliphatic carbocycles. The van der Waals surface area contributed by atoms with Crippen LogP contribution in [0.1, 0.15) is 59.7 Å². The van der Waals surface area contributed by atoms with Gasteiger partial charge in [-0.15, -0.1) is 0 Å². The van der Waals surface area contributed by atoms with Crippen LogP contribution in [-0.4, -0.2) is 35.6 Å². The molecule has 6 nitrogen and oxygen atoms in total. The number of halogens is 1. The number of phenolic OH excluding ortho intramolecular Hbond substituents is 1. The van der Waals surface area contributed by atoms with Crippen LogP contribution in [0.25, 0.3) is 0 Å². The number of nitrogens with zero attached hydrogens (tertiary/aromatic N) is 1. The number of aromatic hydroxyl groups is 1. The smallest absolute Gasteiger partial charge is 0.242 e. The summed E-state index contributed by atoms with van der Waals surface area (Å²) in [6.07, 6.45) is 0.732. The zero-order valence-electron chi connectivity index (χ0n) is 21.7. The molecule has 2 saturated heterocycles. The number of hydrogen-bond acceptors (Lipinski definition) is 5. The van der Waals surface area contributed by atoms with Gasteiger partial charge in [0.25, 0.3) is 0 Å². The highest BCUT2D eigenvalue weighted by atomic mass is 35.5. The van der Waals surface area contributed by atoms with Crippen LogP contribution in [-0.2, 0) is 11.2 Å². The Morgan fingerprint density at radius 2 is 1.70 bits per heavy atom. The summed E-state index contributed by atoms with van der Waals surface area (Å²) < 4.78 is 5.29. The largest absolute Gasteiger partial charge is 0.508 e. The minimum absolute atomic E-state index is 0.0594. The predicted octanol–water partition coefficient (Wildman–Crippen LogP) is 5.45. The molecule has 3 aromatic rings. The Balaban J connectivity index is 1.51. The Kier molecular flexibility index (Phi) is 7.17. The van der Waals surface area contributed by atoms with Crippen molar-refractivity contribution in [3.63, 3.8) is 0 Å². The summed E-state index contributed by atoms with van der Waals surface area (Å²) in [5.41, 5.74) is 11.5. The molecule has 3 N–H and O–H groups in total. The molecule has 4 atom stereocenters. The lowest BCUT2D eigenvalue weighted by molar-refractivity contribution is -0.130. The van der Waals surface area contributed by atoms with Crippen molar-refractivity contribution in [2.24, 2.45) is 5.92 Å². The van der Waals surface area contributed by atoms with E-state index in [-0.39, 0.29) is 29.7 Å². The molecule has 0 aromatic heterocycles. The van der Waals surface area contributed by atoms with Crippen LogP contribution in [0.4, 0.5) is 0 Å². The standard InChI is InChI=1S/C30H34ClN3O3/c1-17(2)20-7-9-21(10-8-20)29-26-27(23-16-24(31)18(3)15-25(23)35)32-33-28(26)30(36)34(29)14-13-19-5-11-22(37-4)12-6-19/h5-12,15-17,26-29,32-33,35H,13-14H2,1-4H3. The molecule has 7 heteroatoms. The maximum atomic E-state index is 13.8. The van der Waals surface area contributed by atoms with Gasteiger partial charge in [0.1, 0.15) is 17.5 Å². The molecule has 0 spiro atoms. The Bertz CT molecular complexity index is 1280.